The molecule has 102 valence electrons. The van der Waals surface area contributed by atoms with Crippen LogP contribution in [0.15, 0.2) is 12.1 Å². The lowest BCUT2D eigenvalue weighted by Gasteiger charge is -2.13. The fraction of sp³-hybridized carbons (Fsp3) is 0.538. The zero-order chi connectivity index (χ0) is 13.5. The van der Waals surface area contributed by atoms with Crippen LogP contribution in [0.4, 0.5) is 0 Å². The van der Waals surface area contributed by atoms with Gasteiger partial charge in [-0.2, -0.15) is 0 Å². The second kappa shape index (κ2) is 7.46. The molecule has 1 N–H and O–H groups in total. The van der Waals surface area contributed by atoms with Crippen LogP contribution in [0, 0.1) is 0 Å². The number of ether oxygens (including phenoxy) is 2. The lowest BCUT2D eigenvalue weighted by molar-refractivity contribution is 0.354. The molecule has 0 bridgehead atoms. The standard InChI is InChI=1S/C13H21ClN2O2/c1-16(2)6-5-15-9-10-7-11(14)13(18-4)12(8-10)17-3/h7-8,15H,5-6,9H2,1-4H3. The highest BCUT2D eigenvalue weighted by Gasteiger charge is 2.10. The van der Waals surface area contributed by atoms with Crippen molar-refractivity contribution in [3.63, 3.8) is 0 Å². The highest BCUT2D eigenvalue weighted by Crippen LogP contribution is 2.35. The van der Waals surface area contributed by atoms with E-state index in [0.29, 0.717) is 16.5 Å². The van der Waals surface area contributed by atoms with E-state index < -0.39 is 0 Å². The third-order valence-corrected chi connectivity index (χ3v) is 2.84. The Kier molecular flexibility index (Phi) is 6.25. The highest BCUT2D eigenvalue weighted by molar-refractivity contribution is 6.32. The van der Waals surface area contributed by atoms with Crippen LogP contribution >= 0.6 is 11.6 Å². The van der Waals surface area contributed by atoms with Gasteiger partial charge in [0.1, 0.15) is 0 Å². The molecule has 1 rings (SSSR count). The van der Waals surface area contributed by atoms with Gasteiger partial charge in [-0.15, -0.1) is 0 Å². The molecular weight excluding hydrogens is 252 g/mol. The number of benzene rings is 1. The van der Waals surface area contributed by atoms with Gasteiger partial charge in [-0.1, -0.05) is 11.6 Å². The Morgan fingerprint density at radius 2 is 1.94 bits per heavy atom. The summed E-state index contributed by atoms with van der Waals surface area (Å²) in [4.78, 5) is 2.13. The van der Waals surface area contributed by atoms with E-state index in [9.17, 15) is 0 Å². The second-order valence-corrected chi connectivity index (χ2v) is 4.70. The van der Waals surface area contributed by atoms with Gasteiger partial charge in [0.25, 0.3) is 0 Å². The lowest BCUT2D eigenvalue weighted by Crippen LogP contribution is -2.26. The Morgan fingerprint density at radius 3 is 2.50 bits per heavy atom. The SMILES string of the molecule is COc1cc(CNCCN(C)C)cc(Cl)c1OC. The molecule has 5 heteroatoms. The minimum Gasteiger partial charge on any atom is -0.493 e. The summed E-state index contributed by atoms with van der Waals surface area (Å²) in [6, 6.07) is 3.83. The van der Waals surface area contributed by atoms with Crippen LogP contribution in [-0.2, 0) is 6.54 Å². The van der Waals surface area contributed by atoms with E-state index in [1.54, 1.807) is 14.2 Å². The Bertz CT molecular complexity index is 383. The zero-order valence-electron chi connectivity index (χ0n) is 11.4. The van der Waals surface area contributed by atoms with Crippen LogP contribution in [0.1, 0.15) is 5.56 Å². The normalized spacial score (nSPS) is 10.8. The number of nitrogens with zero attached hydrogens (tertiary/aromatic N) is 1. The molecule has 4 nitrogen and oxygen atoms in total. The van der Waals surface area contributed by atoms with Crippen molar-refractivity contribution >= 4 is 11.6 Å². The molecule has 0 heterocycles. The first-order chi connectivity index (χ1) is 8.58. The van der Waals surface area contributed by atoms with E-state index in [-0.39, 0.29) is 0 Å². The van der Waals surface area contributed by atoms with Crippen LogP contribution < -0.4 is 14.8 Å². The number of hydrogen-bond acceptors (Lipinski definition) is 4. The summed E-state index contributed by atoms with van der Waals surface area (Å²) in [6.07, 6.45) is 0. The molecule has 0 saturated carbocycles. The molecule has 0 unspecified atom stereocenters. The predicted molar refractivity (Wildman–Crippen MR) is 74.8 cm³/mol. The molecule has 0 amide bonds. The minimum absolute atomic E-state index is 0.571. The van der Waals surface area contributed by atoms with Gasteiger partial charge in [-0.3, -0.25) is 0 Å². The van der Waals surface area contributed by atoms with Crippen LogP contribution in [0.25, 0.3) is 0 Å². The lowest BCUT2D eigenvalue weighted by atomic mass is 10.2. The van der Waals surface area contributed by atoms with Crippen LogP contribution in [0.3, 0.4) is 0 Å². The van der Waals surface area contributed by atoms with Crippen molar-refractivity contribution in [3.05, 3.63) is 22.7 Å². The molecule has 0 aliphatic heterocycles. The molecule has 0 aromatic heterocycles. The average Bonchev–Trinajstić information content (AvgIpc) is 2.33. The maximum absolute atomic E-state index is 6.14. The number of likely N-dealkylation sites (N-methyl/N-ethyl adjacent to an activating group) is 1. The van der Waals surface area contributed by atoms with E-state index in [1.807, 2.05) is 12.1 Å². The molecule has 0 aliphatic carbocycles. The molecule has 0 fully saturated rings. The monoisotopic (exact) mass is 272 g/mol. The summed E-state index contributed by atoms with van der Waals surface area (Å²) in [5, 5.41) is 3.92. The Balaban J connectivity index is 2.64. The molecule has 0 aliphatic rings. The molecule has 0 saturated heterocycles. The van der Waals surface area contributed by atoms with Crippen molar-refractivity contribution in [3.8, 4) is 11.5 Å². The summed E-state index contributed by atoms with van der Waals surface area (Å²) in [5.74, 6) is 1.24. The van der Waals surface area contributed by atoms with Gasteiger partial charge in [-0.25, -0.2) is 0 Å². The topological polar surface area (TPSA) is 33.7 Å². The van der Waals surface area contributed by atoms with E-state index in [2.05, 4.69) is 24.3 Å². The van der Waals surface area contributed by atoms with Gasteiger partial charge < -0.3 is 19.7 Å². The quantitative estimate of drug-likeness (QED) is 0.770. The molecule has 0 atom stereocenters. The second-order valence-electron chi connectivity index (χ2n) is 4.29. The number of methoxy groups -OCH3 is 2. The van der Waals surface area contributed by atoms with Crippen molar-refractivity contribution in [2.24, 2.45) is 0 Å². The Morgan fingerprint density at radius 1 is 1.22 bits per heavy atom. The van der Waals surface area contributed by atoms with Gasteiger partial charge in [0.05, 0.1) is 19.2 Å². The fourth-order valence-electron chi connectivity index (χ4n) is 1.61. The number of nitrogens with one attached hydrogen (secondary N) is 1. The minimum atomic E-state index is 0.571. The van der Waals surface area contributed by atoms with Crippen molar-refractivity contribution in [1.29, 1.82) is 0 Å². The largest absolute Gasteiger partial charge is 0.493 e. The van der Waals surface area contributed by atoms with Crippen LogP contribution in [0.2, 0.25) is 5.02 Å². The average molecular weight is 273 g/mol. The zero-order valence-corrected chi connectivity index (χ0v) is 12.2. The molecule has 18 heavy (non-hydrogen) atoms. The van der Waals surface area contributed by atoms with Crippen molar-refractivity contribution in [2.45, 2.75) is 6.54 Å². The van der Waals surface area contributed by atoms with Gasteiger partial charge in [0.2, 0.25) is 0 Å². The predicted octanol–water partition coefficient (Wildman–Crippen LogP) is 2.01. The van der Waals surface area contributed by atoms with E-state index >= 15 is 0 Å². The molecule has 1 aromatic carbocycles. The molecule has 1 aromatic rings. The number of rotatable bonds is 7. The first kappa shape index (κ1) is 15.1. The summed E-state index contributed by atoms with van der Waals surface area (Å²) in [7, 11) is 7.29. The van der Waals surface area contributed by atoms with E-state index in [0.717, 1.165) is 25.2 Å². The third-order valence-electron chi connectivity index (χ3n) is 2.56. The Labute approximate surface area is 114 Å². The first-order valence-electron chi connectivity index (χ1n) is 5.84. The van der Waals surface area contributed by atoms with Crippen molar-refractivity contribution in [1.82, 2.24) is 10.2 Å². The summed E-state index contributed by atoms with van der Waals surface area (Å²) >= 11 is 6.14. The fourth-order valence-corrected chi connectivity index (χ4v) is 1.92. The van der Waals surface area contributed by atoms with Crippen LogP contribution in [-0.4, -0.2) is 46.3 Å². The van der Waals surface area contributed by atoms with Crippen molar-refractivity contribution in [2.75, 3.05) is 41.4 Å². The van der Waals surface area contributed by atoms with Gasteiger partial charge in [0, 0.05) is 19.6 Å². The summed E-state index contributed by atoms with van der Waals surface area (Å²) in [6.45, 7) is 2.69. The first-order valence-corrected chi connectivity index (χ1v) is 6.22. The summed E-state index contributed by atoms with van der Waals surface area (Å²) < 4.78 is 10.5. The van der Waals surface area contributed by atoms with Gasteiger partial charge in [-0.05, 0) is 31.8 Å². The highest BCUT2D eigenvalue weighted by atomic mass is 35.5. The third kappa shape index (κ3) is 4.37. The molecule has 0 spiro atoms. The summed E-state index contributed by atoms with van der Waals surface area (Å²) in [5.41, 5.74) is 1.08. The number of hydrogen-bond donors (Lipinski definition) is 1. The Hall–Kier alpha value is -0.970. The van der Waals surface area contributed by atoms with E-state index in [1.165, 1.54) is 0 Å². The maximum Gasteiger partial charge on any atom is 0.179 e. The van der Waals surface area contributed by atoms with Crippen molar-refractivity contribution < 1.29 is 9.47 Å². The van der Waals surface area contributed by atoms with Gasteiger partial charge >= 0.3 is 0 Å². The molecule has 0 radical (unpaired) electrons. The van der Waals surface area contributed by atoms with Gasteiger partial charge in [0.15, 0.2) is 11.5 Å². The van der Waals surface area contributed by atoms with E-state index in [4.69, 9.17) is 21.1 Å². The van der Waals surface area contributed by atoms with Crippen LogP contribution in [0.5, 0.6) is 11.5 Å². The molecular formula is C13H21ClN2O2. The number of halogens is 1. The maximum atomic E-state index is 6.14. The smallest absolute Gasteiger partial charge is 0.179 e.